The van der Waals surface area contributed by atoms with E-state index in [-0.39, 0.29) is 5.75 Å². The van der Waals surface area contributed by atoms with Crippen LogP contribution >= 0.6 is 11.8 Å². The predicted octanol–water partition coefficient (Wildman–Crippen LogP) is 1.36. The number of aromatic nitrogens is 6. The summed E-state index contributed by atoms with van der Waals surface area (Å²) < 4.78 is 3.51. The molecule has 8 heteroatoms. The lowest BCUT2D eigenvalue weighted by atomic mass is 10.3. The Hall–Kier alpha value is -2.35. The Morgan fingerprint density at radius 1 is 1.20 bits per heavy atom. The largest absolute Gasteiger partial charge is 0.508 e. The number of benzene rings is 1. The number of aromatic hydroxyl groups is 1. The molecular weight excluding hydrogens is 276 g/mol. The van der Waals surface area contributed by atoms with Gasteiger partial charge in [-0.3, -0.25) is 4.68 Å². The number of rotatable bonds is 5. The highest BCUT2D eigenvalue weighted by molar-refractivity contribution is 7.99. The van der Waals surface area contributed by atoms with Crippen molar-refractivity contribution < 1.29 is 5.11 Å². The van der Waals surface area contributed by atoms with Gasteiger partial charge in [0.05, 0.1) is 12.2 Å². The molecule has 7 nitrogen and oxygen atoms in total. The van der Waals surface area contributed by atoms with Crippen LogP contribution in [-0.4, -0.2) is 40.8 Å². The molecule has 0 radical (unpaired) electrons. The molecule has 0 aliphatic carbocycles. The Morgan fingerprint density at radius 2 is 2.05 bits per heavy atom. The van der Waals surface area contributed by atoms with Crippen molar-refractivity contribution >= 4 is 11.8 Å². The van der Waals surface area contributed by atoms with Gasteiger partial charge in [0, 0.05) is 18.1 Å². The zero-order valence-corrected chi connectivity index (χ0v) is 11.3. The van der Waals surface area contributed by atoms with Crippen LogP contribution in [0.2, 0.25) is 0 Å². The molecule has 1 aromatic carbocycles. The normalized spacial score (nSPS) is 10.8. The van der Waals surface area contributed by atoms with E-state index >= 15 is 0 Å². The lowest BCUT2D eigenvalue weighted by Crippen LogP contribution is -2.03. The average molecular weight is 288 g/mol. The van der Waals surface area contributed by atoms with Gasteiger partial charge >= 0.3 is 0 Å². The number of phenols is 1. The van der Waals surface area contributed by atoms with E-state index in [1.54, 1.807) is 46.9 Å². The van der Waals surface area contributed by atoms with E-state index in [1.807, 2.05) is 16.9 Å². The number of thioether (sulfide) groups is 1. The monoisotopic (exact) mass is 288 g/mol. The molecule has 3 aromatic rings. The fourth-order valence-corrected chi connectivity index (χ4v) is 2.51. The maximum atomic E-state index is 9.29. The van der Waals surface area contributed by atoms with E-state index in [9.17, 15) is 5.11 Å². The molecule has 3 rings (SSSR count). The lowest BCUT2D eigenvalue weighted by Gasteiger charge is -2.04. The van der Waals surface area contributed by atoms with Crippen molar-refractivity contribution in [1.82, 2.24) is 30.0 Å². The van der Waals surface area contributed by atoms with Crippen LogP contribution in [0.4, 0.5) is 0 Å². The Bertz CT molecular complexity index is 664. The minimum atomic E-state index is 0.217. The van der Waals surface area contributed by atoms with Gasteiger partial charge in [-0.2, -0.15) is 9.78 Å². The SMILES string of the molecule is Oc1ccc(-n2nnnc2SCCn2cccn2)cc1. The fourth-order valence-electron chi connectivity index (χ4n) is 1.69. The molecule has 0 saturated heterocycles. The van der Waals surface area contributed by atoms with E-state index in [0.29, 0.717) is 5.16 Å². The van der Waals surface area contributed by atoms with Crippen LogP contribution in [0.25, 0.3) is 5.69 Å². The summed E-state index contributed by atoms with van der Waals surface area (Å²) in [5, 5.41) is 25.8. The number of aryl methyl sites for hydroxylation is 1. The van der Waals surface area contributed by atoms with Crippen molar-refractivity contribution in [2.24, 2.45) is 0 Å². The molecular formula is C12H12N6OS. The van der Waals surface area contributed by atoms with Crippen LogP contribution in [-0.2, 0) is 6.54 Å². The average Bonchev–Trinajstić information content (AvgIpc) is 3.11. The Labute approximate surface area is 119 Å². The third-order valence-corrected chi connectivity index (χ3v) is 3.55. The van der Waals surface area contributed by atoms with Crippen molar-refractivity contribution in [2.45, 2.75) is 11.7 Å². The zero-order valence-electron chi connectivity index (χ0n) is 10.5. The van der Waals surface area contributed by atoms with Crippen molar-refractivity contribution in [3.8, 4) is 11.4 Å². The molecule has 0 aliphatic heterocycles. The maximum absolute atomic E-state index is 9.29. The first-order valence-corrected chi connectivity index (χ1v) is 6.99. The predicted molar refractivity (Wildman–Crippen MR) is 73.8 cm³/mol. The Morgan fingerprint density at radius 3 is 2.80 bits per heavy atom. The van der Waals surface area contributed by atoms with E-state index in [1.165, 1.54) is 0 Å². The minimum Gasteiger partial charge on any atom is -0.508 e. The van der Waals surface area contributed by atoms with E-state index in [2.05, 4.69) is 20.6 Å². The molecule has 0 spiro atoms. The molecule has 102 valence electrons. The third-order valence-electron chi connectivity index (χ3n) is 2.65. The van der Waals surface area contributed by atoms with Gasteiger partial charge in [-0.1, -0.05) is 11.8 Å². The summed E-state index contributed by atoms with van der Waals surface area (Å²) in [7, 11) is 0. The Balaban J connectivity index is 1.68. The van der Waals surface area contributed by atoms with E-state index in [4.69, 9.17) is 0 Å². The number of nitrogens with zero attached hydrogens (tertiary/aromatic N) is 6. The highest BCUT2D eigenvalue weighted by atomic mass is 32.2. The van der Waals surface area contributed by atoms with E-state index in [0.717, 1.165) is 18.0 Å². The van der Waals surface area contributed by atoms with Gasteiger partial charge in [0.1, 0.15) is 5.75 Å². The van der Waals surface area contributed by atoms with Gasteiger partial charge in [-0.05, 0) is 40.8 Å². The van der Waals surface area contributed by atoms with Crippen LogP contribution in [0.5, 0.6) is 5.75 Å². The number of hydrogen-bond donors (Lipinski definition) is 1. The molecule has 1 N–H and O–H groups in total. The van der Waals surface area contributed by atoms with Gasteiger partial charge in [0.2, 0.25) is 5.16 Å². The highest BCUT2D eigenvalue weighted by Crippen LogP contribution is 2.19. The van der Waals surface area contributed by atoms with Gasteiger partial charge in [0.25, 0.3) is 0 Å². The lowest BCUT2D eigenvalue weighted by molar-refractivity contribution is 0.475. The van der Waals surface area contributed by atoms with Gasteiger partial charge in [0.15, 0.2) is 0 Å². The molecule has 0 bridgehead atoms. The number of tetrazole rings is 1. The summed E-state index contributed by atoms with van der Waals surface area (Å²) in [4.78, 5) is 0. The second kappa shape index (κ2) is 5.74. The summed E-state index contributed by atoms with van der Waals surface area (Å²) >= 11 is 1.55. The first-order valence-electron chi connectivity index (χ1n) is 6.01. The standard InChI is InChI=1S/C12H12N6OS/c19-11-4-2-10(3-5-11)18-12(14-15-16-18)20-9-8-17-7-1-6-13-17/h1-7,19H,8-9H2. The van der Waals surface area contributed by atoms with Crippen molar-refractivity contribution in [3.05, 3.63) is 42.7 Å². The molecule has 20 heavy (non-hydrogen) atoms. The summed E-state index contributed by atoms with van der Waals surface area (Å²) in [6, 6.07) is 8.64. The first-order chi connectivity index (χ1) is 9.83. The van der Waals surface area contributed by atoms with Crippen LogP contribution in [0, 0.1) is 0 Å². The quantitative estimate of drug-likeness (QED) is 0.714. The molecule has 0 unspecified atom stereocenters. The summed E-state index contributed by atoms with van der Waals surface area (Å²) in [6.07, 6.45) is 3.68. The van der Waals surface area contributed by atoms with Crippen LogP contribution in [0.3, 0.4) is 0 Å². The van der Waals surface area contributed by atoms with E-state index < -0.39 is 0 Å². The second-order valence-electron chi connectivity index (χ2n) is 4.01. The van der Waals surface area contributed by atoms with Crippen molar-refractivity contribution in [1.29, 1.82) is 0 Å². The summed E-state index contributed by atoms with van der Waals surface area (Å²) in [5.41, 5.74) is 0.814. The molecule has 0 atom stereocenters. The van der Waals surface area contributed by atoms with Gasteiger partial charge in [-0.15, -0.1) is 5.10 Å². The van der Waals surface area contributed by atoms with Crippen LogP contribution in [0.15, 0.2) is 47.9 Å². The Kier molecular flexibility index (Phi) is 3.64. The van der Waals surface area contributed by atoms with Crippen molar-refractivity contribution in [3.63, 3.8) is 0 Å². The molecule has 0 amide bonds. The third kappa shape index (κ3) is 2.80. The molecule has 0 fully saturated rings. The molecule has 2 aromatic heterocycles. The summed E-state index contributed by atoms with van der Waals surface area (Å²) in [6.45, 7) is 0.792. The second-order valence-corrected chi connectivity index (χ2v) is 5.07. The molecule has 0 saturated carbocycles. The molecule has 0 aliphatic rings. The van der Waals surface area contributed by atoms with Gasteiger partial charge < -0.3 is 5.11 Å². The smallest absolute Gasteiger partial charge is 0.214 e. The maximum Gasteiger partial charge on any atom is 0.214 e. The zero-order chi connectivity index (χ0) is 13.8. The van der Waals surface area contributed by atoms with Crippen LogP contribution < -0.4 is 0 Å². The van der Waals surface area contributed by atoms with Gasteiger partial charge in [-0.25, -0.2) is 0 Å². The summed E-state index contributed by atoms with van der Waals surface area (Å²) in [5.74, 6) is 1.04. The van der Waals surface area contributed by atoms with Crippen molar-refractivity contribution in [2.75, 3.05) is 5.75 Å². The molecule has 2 heterocycles. The first kappa shape index (κ1) is 12.7. The number of phenolic OH excluding ortho intramolecular Hbond substituents is 1. The topological polar surface area (TPSA) is 81.6 Å². The highest BCUT2D eigenvalue weighted by Gasteiger charge is 2.08. The minimum absolute atomic E-state index is 0.217. The van der Waals surface area contributed by atoms with Crippen LogP contribution in [0.1, 0.15) is 0 Å². The number of hydrogen-bond acceptors (Lipinski definition) is 6. The fraction of sp³-hybridized carbons (Fsp3) is 0.167.